The van der Waals surface area contributed by atoms with Crippen LogP contribution in [-0.4, -0.2) is 28.0 Å². The smallest absolute Gasteiger partial charge is 0.347 e. The number of hydrogen-bond acceptors (Lipinski definition) is 3. The highest BCUT2D eigenvalue weighted by Crippen LogP contribution is 2.36. The summed E-state index contributed by atoms with van der Waals surface area (Å²) in [5, 5.41) is 5.91. The Balaban J connectivity index is 2.92. The summed E-state index contributed by atoms with van der Waals surface area (Å²) >= 11 is 2.85. The maximum absolute atomic E-state index is 12.8. The summed E-state index contributed by atoms with van der Waals surface area (Å²) in [6.45, 7) is 7.82. The van der Waals surface area contributed by atoms with Gasteiger partial charge in [0.05, 0.1) is 16.7 Å². The van der Waals surface area contributed by atoms with E-state index in [0.717, 1.165) is 4.68 Å². The average Bonchev–Trinajstić information content (AvgIpc) is 2.70. The van der Waals surface area contributed by atoms with Crippen LogP contribution in [0.4, 0.5) is 13.2 Å². The summed E-state index contributed by atoms with van der Waals surface area (Å²) in [6.07, 6.45) is -4.62. The van der Waals surface area contributed by atoms with E-state index in [-0.39, 0.29) is 22.5 Å². The maximum atomic E-state index is 12.8. The van der Waals surface area contributed by atoms with Crippen LogP contribution in [0.5, 0.6) is 0 Å². The number of nitrogens with one attached hydrogen (secondary N) is 1. The second-order valence-electron chi connectivity index (χ2n) is 6.26. The first kappa shape index (κ1) is 19.7. The molecule has 1 aromatic rings. The minimum atomic E-state index is -4.62. The molecule has 0 aliphatic heterocycles. The SMILES string of the molecule is Cc1c(Br)c(C(F)(F)F)nn1C(C)C(=O)NCC(=O)C(C)(C)C. The van der Waals surface area contributed by atoms with Gasteiger partial charge in [0.15, 0.2) is 11.5 Å². The molecule has 1 amide bonds. The zero-order valence-electron chi connectivity index (χ0n) is 13.5. The molecular weight excluding hydrogens is 379 g/mol. The Morgan fingerprint density at radius 2 is 1.83 bits per heavy atom. The Kier molecular flexibility index (Phi) is 5.66. The quantitative estimate of drug-likeness (QED) is 0.847. The van der Waals surface area contributed by atoms with Gasteiger partial charge < -0.3 is 5.32 Å². The highest BCUT2D eigenvalue weighted by Gasteiger charge is 2.39. The molecule has 5 nitrogen and oxygen atoms in total. The van der Waals surface area contributed by atoms with E-state index >= 15 is 0 Å². The number of nitrogens with zero attached hydrogens (tertiary/aromatic N) is 2. The first-order chi connectivity index (χ1) is 10.3. The largest absolute Gasteiger partial charge is 0.436 e. The van der Waals surface area contributed by atoms with Gasteiger partial charge in [-0.3, -0.25) is 14.3 Å². The molecule has 0 saturated heterocycles. The Morgan fingerprint density at radius 1 is 1.30 bits per heavy atom. The molecular formula is C14H19BrF3N3O2. The van der Waals surface area contributed by atoms with Gasteiger partial charge in [-0.1, -0.05) is 20.8 Å². The van der Waals surface area contributed by atoms with E-state index in [1.807, 2.05) is 0 Å². The predicted octanol–water partition coefficient (Wildman–Crippen LogP) is 3.27. The third kappa shape index (κ3) is 4.55. The molecule has 0 aliphatic carbocycles. The van der Waals surface area contributed by atoms with Crippen LogP contribution in [0.15, 0.2) is 4.47 Å². The van der Waals surface area contributed by atoms with Crippen molar-refractivity contribution < 1.29 is 22.8 Å². The van der Waals surface area contributed by atoms with E-state index in [1.54, 1.807) is 20.8 Å². The molecule has 130 valence electrons. The standard InChI is InChI=1S/C14H19BrF3N3O2/c1-7-10(15)11(14(16,17)18)20-21(7)8(2)12(23)19-6-9(22)13(3,4)5/h8H,6H2,1-5H3,(H,19,23). The average molecular weight is 398 g/mol. The van der Waals surface area contributed by atoms with Crippen LogP contribution in [0.3, 0.4) is 0 Å². The summed E-state index contributed by atoms with van der Waals surface area (Å²) in [6, 6.07) is -0.977. The third-order valence-corrected chi connectivity index (χ3v) is 4.30. The summed E-state index contributed by atoms with van der Waals surface area (Å²) in [4.78, 5) is 23.9. The summed E-state index contributed by atoms with van der Waals surface area (Å²) in [5.74, 6) is -0.748. The van der Waals surface area contributed by atoms with E-state index in [0.29, 0.717) is 0 Å². The number of rotatable bonds is 4. The lowest BCUT2D eigenvalue weighted by Crippen LogP contribution is -2.39. The molecule has 1 N–H and O–H groups in total. The molecule has 0 spiro atoms. The fourth-order valence-corrected chi connectivity index (χ4v) is 2.23. The first-order valence-corrected chi connectivity index (χ1v) is 7.69. The fourth-order valence-electron chi connectivity index (χ4n) is 1.75. The molecule has 1 aromatic heterocycles. The molecule has 9 heteroatoms. The highest BCUT2D eigenvalue weighted by atomic mass is 79.9. The molecule has 0 fully saturated rings. The number of aromatic nitrogens is 2. The number of amides is 1. The van der Waals surface area contributed by atoms with Crippen molar-refractivity contribution in [2.75, 3.05) is 6.54 Å². The number of alkyl halides is 3. The normalized spacial score (nSPS) is 13.8. The summed E-state index contributed by atoms with van der Waals surface area (Å²) in [5.41, 5.74) is -1.51. The van der Waals surface area contributed by atoms with E-state index in [1.165, 1.54) is 13.8 Å². The van der Waals surface area contributed by atoms with Crippen molar-refractivity contribution in [2.24, 2.45) is 5.41 Å². The van der Waals surface area contributed by atoms with Crippen molar-refractivity contribution in [3.63, 3.8) is 0 Å². The molecule has 0 bridgehead atoms. The van der Waals surface area contributed by atoms with Crippen LogP contribution in [0.2, 0.25) is 0 Å². The molecule has 1 unspecified atom stereocenters. The van der Waals surface area contributed by atoms with Crippen LogP contribution < -0.4 is 5.32 Å². The van der Waals surface area contributed by atoms with Crippen molar-refractivity contribution >= 4 is 27.6 Å². The minimum absolute atomic E-state index is 0.174. The number of hydrogen-bond donors (Lipinski definition) is 1. The second kappa shape index (κ2) is 6.62. The first-order valence-electron chi connectivity index (χ1n) is 6.89. The molecule has 1 rings (SSSR count). The van der Waals surface area contributed by atoms with Crippen molar-refractivity contribution in [1.82, 2.24) is 15.1 Å². The second-order valence-corrected chi connectivity index (χ2v) is 7.05. The summed E-state index contributed by atoms with van der Waals surface area (Å²) in [7, 11) is 0. The molecule has 1 heterocycles. The number of carbonyl (C=O) groups excluding carboxylic acids is 2. The molecule has 0 saturated carbocycles. The van der Waals surface area contributed by atoms with E-state index in [9.17, 15) is 22.8 Å². The number of halogens is 4. The molecule has 0 radical (unpaired) electrons. The van der Waals surface area contributed by atoms with Crippen LogP contribution in [0, 0.1) is 12.3 Å². The fraction of sp³-hybridized carbons (Fsp3) is 0.643. The Bertz CT molecular complexity index is 618. The van der Waals surface area contributed by atoms with Crippen molar-refractivity contribution in [2.45, 2.75) is 46.8 Å². The lowest BCUT2D eigenvalue weighted by molar-refractivity contribution is -0.142. The molecule has 0 aliphatic rings. The Labute approximate surface area is 140 Å². The van der Waals surface area contributed by atoms with Gasteiger partial charge in [0, 0.05) is 5.41 Å². The van der Waals surface area contributed by atoms with Gasteiger partial charge in [0.1, 0.15) is 6.04 Å². The molecule has 0 aromatic carbocycles. The maximum Gasteiger partial charge on any atom is 0.436 e. The lowest BCUT2D eigenvalue weighted by Gasteiger charge is -2.19. The van der Waals surface area contributed by atoms with E-state index in [2.05, 4.69) is 26.3 Å². The van der Waals surface area contributed by atoms with E-state index in [4.69, 9.17) is 0 Å². The molecule has 1 atom stereocenters. The minimum Gasteiger partial charge on any atom is -0.347 e. The Morgan fingerprint density at radius 3 is 2.22 bits per heavy atom. The van der Waals surface area contributed by atoms with Crippen LogP contribution in [0.1, 0.15) is 45.1 Å². The summed E-state index contributed by atoms with van der Waals surface area (Å²) < 4.78 is 39.3. The third-order valence-electron chi connectivity index (χ3n) is 3.35. The van der Waals surface area contributed by atoms with Gasteiger partial charge in [0.25, 0.3) is 0 Å². The zero-order chi connectivity index (χ0) is 18.2. The number of ketones is 1. The zero-order valence-corrected chi connectivity index (χ0v) is 15.1. The van der Waals surface area contributed by atoms with E-state index < -0.39 is 29.2 Å². The number of Topliss-reactive ketones (excluding diaryl/α,β-unsaturated/α-hetero) is 1. The van der Waals surface area contributed by atoms with Gasteiger partial charge in [-0.05, 0) is 29.8 Å². The lowest BCUT2D eigenvalue weighted by atomic mass is 9.91. The molecule has 23 heavy (non-hydrogen) atoms. The van der Waals surface area contributed by atoms with Crippen molar-refractivity contribution in [1.29, 1.82) is 0 Å². The van der Waals surface area contributed by atoms with Gasteiger partial charge in [0.2, 0.25) is 5.91 Å². The van der Waals surface area contributed by atoms with Gasteiger partial charge in [-0.25, -0.2) is 0 Å². The Hall–Kier alpha value is -1.38. The van der Waals surface area contributed by atoms with Gasteiger partial charge in [-0.15, -0.1) is 0 Å². The number of carbonyl (C=O) groups is 2. The van der Waals surface area contributed by atoms with Crippen LogP contribution >= 0.6 is 15.9 Å². The predicted molar refractivity (Wildman–Crippen MR) is 81.8 cm³/mol. The highest BCUT2D eigenvalue weighted by molar-refractivity contribution is 9.10. The van der Waals surface area contributed by atoms with Gasteiger partial charge >= 0.3 is 6.18 Å². The van der Waals surface area contributed by atoms with Gasteiger partial charge in [-0.2, -0.15) is 18.3 Å². The van der Waals surface area contributed by atoms with Crippen LogP contribution in [0.25, 0.3) is 0 Å². The van der Waals surface area contributed by atoms with Crippen molar-refractivity contribution in [3.8, 4) is 0 Å². The van der Waals surface area contributed by atoms with Crippen LogP contribution in [-0.2, 0) is 15.8 Å². The van der Waals surface area contributed by atoms with Crippen molar-refractivity contribution in [3.05, 3.63) is 15.9 Å². The monoisotopic (exact) mass is 397 g/mol. The topological polar surface area (TPSA) is 64.0 Å².